The third-order valence-corrected chi connectivity index (χ3v) is 10.0. The molecule has 7 rings (SSSR count). The monoisotopic (exact) mass is 547 g/mol. The van der Waals surface area contributed by atoms with Crippen LogP contribution in [0.3, 0.4) is 0 Å². The van der Waals surface area contributed by atoms with Gasteiger partial charge in [-0.1, -0.05) is 18.2 Å². The summed E-state index contributed by atoms with van der Waals surface area (Å²) in [6.07, 6.45) is 6.92. The molecule has 2 aliphatic heterocycles. The quantitative estimate of drug-likeness (QED) is 0.397. The van der Waals surface area contributed by atoms with Crippen LogP contribution >= 0.6 is 0 Å². The average Bonchev–Trinajstić information content (AvgIpc) is 3.47. The van der Waals surface area contributed by atoms with Crippen LogP contribution in [0.25, 0.3) is 11.2 Å². The molecule has 4 aromatic rings. The van der Waals surface area contributed by atoms with Gasteiger partial charge in [0.1, 0.15) is 11.6 Å². The fourth-order valence-corrected chi connectivity index (χ4v) is 7.77. The number of hydrogen-bond acceptors (Lipinski definition) is 8. The summed E-state index contributed by atoms with van der Waals surface area (Å²) in [5.74, 6) is 1.25. The molecule has 2 aromatic heterocycles. The lowest BCUT2D eigenvalue weighted by molar-refractivity contribution is 0.186. The van der Waals surface area contributed by atoms with Crippen LogP contribution in [0, 0.1) is 11.2 Å². The van der Waals surface area contributed by atoms with Gasteiger partial charge in [-0.15, -0.1) is 0 Å². The minimum absolute atomic E-state index is 0.133. The maximum atomic E-state index is 14.5. The number of aromatic nitrogens is 4. The first-order valence-corrected chi connectivity index (χ1v) is 15.2. The van der Waals surface area contributed by atoms with E-state index in [1.165, 1.54) is 12.3 Å². The van der Waals surface area contributed by atoms with E-state index in [0.717, 1.165) is 60.5 Å². The molecular formula is C28H30FN7O2S. The molecule has 0 bridgehead atoms. The minimum atomic E-state index is -3.34. The molecule has 1 aliphatic carbocycles. The zero-order valence-electron chi connectivity index (χ0n) is 21.7. The van der Waals surface area contributed by atoms with Crippen LogP contribution in [0.1, 0.15) is 42.0 Å². The number of nitrogens with one attached hydrogen (secondary N) is 1. The van der Waals surface area contributed by atoms with E-state index in [2.05, 4.69) is 15.1 Å². The molecule has 3 aliphatic rings. The molecule has 202 valence electrons. The van der Waals surface area contributed by atoms with Crippen LogP contribution in [0.4, 0.5) is 21.7 Å². The Hall–Kier alpha value is -3.57. The molecule has 39 heavy (non-hydrogen) atoms. The molecule has 3 N–H and O–H groups in total. The maximum absolute atomic E-state index is 14.5. The summed E-state index contributed by atoms with van der Waals surface area (Å²) >= 11 is 0. The number of nitrogens with zero attached hydrogens (tertiary/aromatic N) is 5. The van der Waals surface area contributed by atoms with Crippen molar-refractivity contribution in [2.45, 2.75) is 43.0 Å². The number of sulfone groups is 1. The van der Waals surface area contributed by atoms with Crippen molar-refractivity contribution in [2.75, 3.05) is 35.7 Å². The summed E-state index contributed by atoms with van der Waals surface area (Å²) in [6, 6.07) is 10.5. The van der Waals surface area contributed by atoms with Gasteiger partial charge in [-0.05, 0) is 72.4 Å². The van der Waals surface area contributed by atoms with Crippen molar-refractivity contribution in [2.24, 2.45) is 11.1 Å². The number of anilines is 3. The maximum Gasteiger partial charge on any atom is 0.183 e. The van der Waals surface area contributed by atoms with Crippen molar-refractivity contribution in [3.8, 4) is 0 Å². The summed E-state index contributed by atoms with van der Waals surface area (Å²) in [6.45, 7) is 2.23. The first-order valence-electron chi connectivity index (χ1n) is 13.3. The molecule has 11 heteroatoms. The second-order valence-electron chi connectivity index (χ2n) is 11.1. The fourth-order valence-electron chi connectivity index (χ4n) is 6.79. The molecule has 1 saturated heterocycles. The summed E-state index contributed by atoms with van der Waals surface area (Å²) in [7, 11) is -3.34. The number of halogens is 1. The van der Waals surface area contributed by atoms with Gasteiger partial charge < -0.3 is 15.5 Å². The van der Waals surface area contributed by atoms with Crippen LogP contribution in [-0.2, 0) is 22.7 Å². The van der Waals surface area contributed by atoms with Gasteiger partial charge in [0.2, 0.25) is 0 Å². The number of fused-ring (bicyclic) bond motifs is 3. The highest BCUT2D eigenvalue weighted by molar-refractivity contribution is 7.90. The van der Waals surface area contributed by atoms with Crippen molar-refractivity contribution in [1.29, 1.82) is 0 Å². The Morgan fingerprint density at radius 2 is 1.90 bits per heavy atom. The SMILES string of the molecule is CS(=O)(=O)c1cccc2c1CCCN2c1n[nH]c2nc(N3CCC4(CC3)Cc3c(F)cccc3[C@H]4N)cnc12. The van der Waals surface area contributed by atoms with Crippen LogP contribution in [0.5, 0.6) is 0 Å². The van der Waals surface area contributed by atoms with Gasteiger partial charge in [-0.3, -0.25) is 5.10 Å². The highest BCUT2D eigenvalue weighted by atomic mass is 32.2. The van der Waals surface area contributed by atoms with Gasteiger partial charge in [0.15, 0.2) is 26.8 Å². The van der Waals surface area contributed by atoms with Crippen LogP contribution in [0.2, 0.25) is 0 Å². The summed E-state index contributed by atoms with van der Waals surface area (Å²) in [5, 5.41) is 7.59. The van der Waals surface area contributed by atoms with E-state index in [0.29, 0.717) is 41.3 Å². The van der Waals surface area contributed by atoms with Gasteiger partial charge in [0.25, 0.3) is 0 Å². The van der Waals surface area contributed by atoms with Gasteiger partial charge in [-0.2, -0.15) is 5.10 Å². The topological polar surface area (TPSA) is 121 Å². The lowest BCUT2D eigenvalue weighted by Gasteiger charge is -2.42. The Balaban J connectivity index is 1.14. The number of aromatic amines is 1. The van der Waals surface area contributed by atoms with Crippen molar-refractivity contribution in [1.82, 2.24) is 20.2 Å². The molecule has 0 unspecified atom stereocenters. The van der Waals surface area contributed by atoms with E-state index in [1.54, 1.807) is 24.4 Å². The second kappa shape index (κ2) is 8.72. The zero-order valence-corrected chi connectivity index (χ0v) is 22.5. The first kappa shape index (κ1) is 24.5. The number of hydrogen-bond donors (Lipinski definition) is 2. The largest absolute Gasteiger partial charge is 0.355 e. The second-order valence-corrected chi connectivity index (χ2v) is 13.0. The Morgan fingerprint density at radius 1 is 1.10 bits per heavy atom. The van der Waals surface area contributed by atoms with Gasteiger partial charge in [-0.25, -0.2) is 22.8 Å². The highest BCUT2D eigenvalue weighted by Crippen LogP contribution is 2.51. The van der Waals surface area contributed by atoms with Crippen molar-refractivity contribution < 1.29 is 12.8 Å². The summed E-state index contributed by atoms with van der Waals surface area (Å²) in [5.41, 5.74) is 11.1. The molecule has 1 spiro atoms. The lowest BCUT2D eigenvalue weighted by atomic mass is 9.73. The molecule has 9 nitrogen and oxygen atoms in total. The molecule has 0 amide bonds. The van der Waals surface area contributed by atoms with Crippen LogP contribution < -0.4 is 15.5 Å². The van der Waals surface area contributed by atoms with E-state index in [9.17, 15) is 12.8 Å². The molecule has 4 heterocycles. The van der Waals surface area contributed by atoms with E-state index in [1.807, 2.05) is 17.0 Å². The van der Waals surface area contributed by atoms with Crippen LogP contribution in [-0.4, -0.2) is 54.5 Å². The fraction of sp³-hybridized carbons (Fsp3) is 0.393. The number of nitrogens with two attached hydrogens (primary N) is 1. The molecule has 0 saturated carbocycles. The lowest BCUT2D eigenvalue weighted by Crippen LogP contribution is -2.44. The number of H-pyrrole nitrogens is 1. The first-order chi connectivity index (χ1) is 18.7. The van der Waals surface area contributed by atoms with Gasteiger partial charge in [0.05, 0.1) is 11.1 Å². The average molecular weight is 548 g/mol. The molecular weight excluding hydrogens is 517 g/mol. The summed E-state index contributed by atoms with van der Waals surface area (Å²) < 4.78 is 39.2. The van der Waals surface area contributed by atoms with Gasteiger partial charge in [0, 0.05) is 37.6 Å². The molecule has 1 atom stereocenters. The van der Waals surface area contributed by atoms with Crippen LogP contribution in [0.15, 0.2) is 47.5 Å². The van der Waals surface area contributed by atoms with E-state index in [-0.39, 0.29) is 17.3 Å². The van der Waals surface area contributed by atoms with E-state index < -0.39 is 9.84 Å². The predicted molar refractivity (Wildman–Crippen MR) is 147 cm³/mol. The minimum Gasteiger partial charge on any atom is -0.355 e. The van der Waals surface area contributed by atoms with Crippen molar-refractivity contribution >= 4 is 38.3 Å². The normalized spacial score (nSPS) is 20.4. The summed E-state index contributed by atoms with van der Waals surface area (Å²) in [4.78, 5) is 14.2. The smallest absolute Gasteiger partial charge is 0.183 e. The number of piperidine rings is 1. The third-order valence-electron chi connectivity index (χ3n) is 8.86. The number of rotatable bonds is 3. The molecule has 1 fully saturated rings. The molecule has 2 aromatic carbocycles. The zero-order chi connectivity index (χ0) is 26.9. The van der Waals surface area contributed by atoms with Crippen molar-refractivity contribution in [3.63, 3.8) is 0 Å². The Kier molecular flexibility index (Phi) is 5.47. The highest BCUT2D eigenvalue weighted by Gasteiger charge is 2.47. The van der Waals surface area contributed by atoms with Crippen molar-refractivity contribution in [3.05, 3.63) is 65.1 Å². The standard InChI is InChI=1S/C28H30FN7O2S/c1-39(37,38)22-9-3-8-21-18(22)6-4-12-36(21)27-24-26(33-34-27)32-23(16-31-24)35-13-10-28(11-14-35)15-19-17(25(28)30)5-2-7-20(19)29/h2-3,5,7-9,16,25H,4,6,10-15,30H2,1H3,(H,32,33,34)/t25-/m1/s1. The van der Waals surface area contributed by atoms with Gasteiger partial charge >= 0.3 is 0 Å². The number of benzene rings is 2. The third kappa shape index (κ3) is 3.81. The Bertz CT molecular complexity index is 1710. The Morgan fingerprint density at radius 3 is 2.67 bits per heavy atom. The van der Waals surface area contributed by atoms with E-state index >= 15 is 0 Å². The molecule has 0 radical (unpaired) electrons. The predicted octanol–water partition coefficient (Wildman–Crippen LogP) is 3.82. The Labute approximate surface area is 226 Å². The van der Waals surface area contributed by atoms with E-state index in [4.69, 9.17) is 15.7 Å².